The van der Waals surface area contributed by atoms with Crippen LogP contribution in [0.15, 0.2) is 40.7 Å². The average molecular weight is 284 g/mol. The SMILES string of the molecule is c1ccc(N2N=N[C@H]3CCCC[C@@]32N2CCCCC2)cc1. The molecule has 4 heteroatoms. The molecule has 1 aromatic rings. The van der Waals surface area contributed by atoms with Crippen molar-refractivity contribution in [3.05, 3.63) is 30.3 Å². The first-order valence-corrected chi connectivity index (χ1v) is 8.42. The molecule has 21 heavy (non-hydrogen) atoms. The van der Waals surface area contributed by atoms with Gasteiger partial charge in [-0.2, -0.15) is 5.11 Å². The first-order valence-electron chi connectivity index (χ1n) is 8.42. The van der Waals surface area contributed by atoms with E-state index in [1.54, 1.807) is 0 Å². The van der Waals surface area contributed by atoms with Crippen LogP contribution in [0, 0.1) is 0 Å². The molecule has 3 aliphatic rings. The minimum atomic E-state index is 0.0139. The highest BCUT2D eigenvalue weighted by molar-refractivity contribution is 5.49. The summed E-state index contributed by atoms with van der Waals surface area (Å²) in [6.07, 6.45) is 8.97. The van der Waals surface area contributed by atoms with E-state index in [9.17, 15) is 0 Å². The normalized spacial score (nSPS) is 33.1. The number of nitrogens with zero attached hydrogens (tertiary/aromatic N) is 4. The molecule has 0 spiro atoms. The molecule has 2 aliphatic heterocycles. The van der Waals surface area contributed by atoms with E-state index in [0.717, 1.165) is 0 Å². The van der Waals surface area contributed by atoms with Gasteiger partial charge in [-0.05, 0) is 44.2 Å². The van der Waals surface area contributed by atoms with Crippen LogP contribution < -0.4 is 5.01 Å². The molecule has 0 amide bonds. The molecule has 4 rings (SSSR count). The van der Waals surface area contributed by atoms with Crippen molar-refractivity contribution in [3.63, 3.8) is 0 Å². The van der Waals surface area contributed by atoms with E-state index in [4.69, 9.17) is 0 Å². The number of rotatable bonds is 2. The molecule has 4 nitrogen and oxygen atoms in total. The van der Waals surface area contributed by atoms with Crippen LogP contribution in [0.5, 0.6) is 0 Å². The molecule has 2 heterocycles. The zero-order valence-corrected chi connectivity index (χ0v) is 12.6. The number of benzene rings is 1. The standard InChI is InChI=1S/C17H24N4/c1-3-9-15(10-4-1)21-17(20-13-7-2-8-14-20)12-6-5-11-16(17)18-19-21/h1,3-4,9-10,16H,2,5-8,11-14H2/t16-,17-/m0/s1. The molecular weight excluding hydrogens is 260 g/mol. The monoisotopic (exact) mass is 284 g/mol. The maximum Gasteiger partial charge on any atom is 0.141 e. The smallest absolute Gasteiger partial charge is 0.141 e. The third-order valence-corrected chi connectivity index (χ3v) is 5.36. The van der Waals surface area contributed by atoms with Gasteiger partial charge in [0.15, 0.2) is 0 Å². The van der Waals surface area contributed by atoms with Crippen molar-refractivity contribution in [2.45, 2.75) is 56.7 Å². The molecule has 0 aromatic heterocycles. The lowest BCUT2D eigenvalue weighted by Crippen LogP contribution is -2.65. The van der Waals surface area contributed by atoms with Crippen LogP contribution >= 0.6 is 0 Å². The fraction of sp³-hybridized carbons (Fsp3) is 0.647. The molecule has 1 saturated heterocycles. The molecule has 2 atom stereocenters. The fourth-order valence-electron chi connectivity index (χ4n) is 4.34. The van der Waals surface area contributed by atoms with Crippen molar-refractivity contribution in [1.29, 1.82) is 0 Å². The van der Waals surface area contributed by atoms with Gasteiger partial charge in [0.1, 0.15) is 11.7 Å². The molecule has 1 aliphatic carbocycles. The summed E-state index contributed by atoms with van der Waals surface area (Å²) in [5.41, 5.74) is 1.20. The molecule has 112 valence electrons. The third-order valence-electron chi connectivity index (χ3n) is 5.36. The van der Waals surface area contributed by atoms with E-state index in [0.29, 0.717) is 6.04 Å². The zero-order chi connectivity index (χ0) is 14.1. The van der Waals surface area contributed by atoms with Gasteiger partial charge in [-0.25, -0.2) is 5.01 Å². The van der Waals surface area contributed by atoms with Gasteiger partial charge in [0.2, 0.25) is 0 Å². The lowest BCUT2D eigenvalue weighted by molar-refractivity contribution is 0.0296. The highest BCUT2D eigenvalue weighted by Gasteiger charge is 2.54. The molecule has 0 unspecified atom stereocenters. The number of fused-ring (bicyclic) bond motifs is 1. The summed E-state index contributed by atoms with van der Waals surface area (Å²) in [6.45, 7) is 2.40. The van der Waals surface area contributed by atoms with Crippen LogP contribution in [0.1, 0.15) is 44.9 Å². The molecule has 0 radical (unpaired) electrons. The summed E-state index contributed by atoms with van der Waals surface area (Å²) in [6, 6.07) is 11.0. The summed E-state index contributed by atoms with van der Waals surface area (Å²) in [4.78, 5) is 2.69. The minimum Gasteiger partial charge on any atom is -0.277 e. The fourth-order valence-corrected chi connectivity index (χ4v) is 4.34. The van der Waals surface area contributed by atoms with Gasteiger partial charge in [0.25, 0.3) is 0 Å². The van der Waals surface area contributed by atoms with Crippen molar-refractivity contribution < 1.29 is 0 Å². The summed E-state index contributed by atoms with van der Waals surface area (Å²) in [7, 11) is 0. The van der Waals surface area contributed by atoms with Crippen molar-refractivity contribution >= 4 is 5.69 Å². The first kappa shape index (κ1) is 13.3. The number of likely N-dealkylation sites (tertiary alicyclic amines) is 1. The summed E-state index contributed by atoms with van der Waals surface area (Å²) in [5, 5.41) is 11.5. The Bertz CT molecular complexity index is 509. The quantitative estimate of drug-likeness (QED) is 0.822. The minimum absolute atomic E-state index is 0.0139. The van der Waals surface area contributed by atoms with Crippen LogP contribution in [-0.2, 0) is 0 Å². The van der Waals surface area contributed by atoms with E-state index in [2.05, 4.69) is 50.6 Å². The first-order chi connectivity index (χ1) is 10.4. The Hall–Kier alpha value is -1.42. The Morgan fingerprint density at radius 3 is 2.57 bits per heavy atom. The Kier molecular flexibility index (Phi) is 3.42. The number of para-hydroxylation sites is 1. The van der Waals surface area contributed by atoms with Gasteiger partial charge in [0, 0.05) is 13.1 Å². The number of piperidine rings is 1. The predicted molar refractivity (Wildman–Crippen MR) is 84.2 cm³/mol. The highest BCUT2D eigenvalue weighted by atomic mass is 15.7. The summed E-state index contributed by atoms with van der Waals surface area (Å²) < 4.78 is 0. The number of hydrogen-bond donors (Lipinski definition) is 0. The van der Waals surface area contributed by atoms with Crippen LogP contribution in [-0.4, -0.2) is 29.7 Å². The van der Waals surface area contributed by atoms with Crippen molar-refractivity contribution in [2.75, 3.05) is 18.1 Å². The lowest BCUT2D eigenvalue weighted by Gasteiger charge is -2.51. The highest BCUT2D eigenvalue weighted by Crippen LogP contribution is 2.46. The molecule has 1 aromatic carbocycles. The molecule has 0 N–H and O–H groups in total. The lowest BCUT2D eigenvalue weighted by atomic mass is 9.81. The molecule has 1 saturated carbocycles. The maximum atomic E-state index is 4.67. The van der Waals surface area contributed by atoms with E-state index in [1.165, 1.54) is 63.7 Å². The van der Waals surface area contributed by atoms with Gasteiger partial charge < -0.3 is 0 Å². The predicted octanol–water partition coefficient (Wildman–Crippen LogP) is 4.00. The topological polar surface area (TPSA) is 31.2 Å². The second-order valence-corrected chi connectivity index (χ2v) is 6.54. The van der Waals surface area contributed by atoms with Crippen LogP contribution in [0.25, 0.3) is 0 Å². The van der Waals surface area contributed by atoms with Gasteiger partial charge in [-0.3, -0.25) is 4.90 Å². The van der Waals surface area contributed by atoms with Gasteiger partial charge >= 0.3 is 0 Å². The average Bonchev–Trinajstić information content (AvgIpc) is 2.97. The van der Waals surface area contributed by atoms with Crippen molar-refractivity contribution in [3.8, 4) is 0 Å². The largest absolute Gasteiger partial charge is 0.277 e. The Labute approximate surface area is 126 Å². The van der Waals surface area contributed by atoms with Crippen LogP contribution in [0.2, 0.25) is 0 Å². The summed E-state index contributed by atoms with van der Waals surface area (Å²) in [5.74, 6) is 0. The Morgan fingerprint density at radius 2 is 1.76 bits per heavy atom. The molecular formula is C17H24N4. The molecule has 2 fully saturated rings. The Morgan fingerprint density at radius 1 is 0.952 bits per heavy atom. The second-order valence-electron chi connectivity index (χ2n) is 6.54. The summed E-state index contributed by atoms with van der Waals surface area (Å²) >= 11 is 0. The Balaban J connectivity index is 1.73. The molecule has 0 bridgehead atoms. The van der Waals surface area contributed by atoms with E-state index >= 15 is 0 Å². The van der Waals surface area contributed by atoms with E-state index < -0.39 is 0 Å². The maximum absolute atomic E-state index is 4.67. The second kappa shape index (κ2) is 5.41. The van der Waals surface area contributed by atoms with Gasteiger partial charge in [-0.1, -0.05) is 36.3 Å². The third kappa shape index (κ3) is 2.08. The zero-order valence-electron chi connectivity index (χ0n) is 12.6. The van der Waals surface area contributed by atoms with Gasteiger partial charge in [-0.15, -0.1) is 0 Å². The van der Waals surface area contributed by atoms with Crippen LogP contribution in [0.3, 0.4) is 0 Å². The van der Waals surface area contributed by atoms with E-state index in [1.807, 2.05) is 0 Å². The van der Waals surface area contributed by atoms with Crippen molar-refractivity contribution in [2.24, 2.45) is 10.3 Å². The number of hydrogen-bond acceptors (Lipinski definition) is 4. The van der Waals surface area contributed by atoms with Crippen LogP contribution in [0.4, 0.5) is 5.69 Å². The van der Waals surface area contributed by atoms with E-state index in [-0.39, 0.29) is 5.66 Å². The van der Waals surface area contributed by atoms with Crippen molar-refractivity contribution in [1.82, 2.24) is 4.90 Å². The number of anilines is 1. The van der Waals surface area contributed by atoms with Gasteiger partial charge in [0.05, 0.1) is 5.69 Å².